The Bertz CT molecular complexity index is 491. The van der Waals surface area contributed by atoms with E-state index in [2.05, 4.69) is 0 Å². The van der Waals surface area contributed by atoms with Gasteiger partial charge in [0.2, 0.25) is 0 Å². The molecule has 2 bridgehead atoms. The molecular weight excluding hydrogens is 276 g/mol. The van der Waals surface area contributed by atoms with Crippen LogP contribution in [0.1, 0.15) is 40.0 Å². The molecule has 2 aliphatic carbocycles. The zero-order valence-corrected chi connectivity index (χ0v) is 12.7. The topological polar surface area (TPSA) is 107 Å². The normalized spacial score (nSPS) is 59.6. The highest BCUT2D eigenvalue weighted by Crippen LogP contribution is 2.69. The summed E-state index contributed by atoms with van der Waals surface area (Å²) >= 11 is 0. The number of rotatable bonds is 1. The van der Waals surface area contributed by atoms with Crippen molar-refractivity contribution in [3.05, 3.63) is 0 Å². The highest BCUT2D eigenvalue weighted by molar-refractivity contribution is 5.73. The molecule has 1 heterocycles. The Labute approximate surface area is 123 Å². The molecule has 1 saturated heterocycles. The molecule has 3 fully saturated rings. The van der Waals surface area contributed by atoms with Gasteiger partial charge < -0.3 is 25.2 Å². The minimum absolute atomic E-state index is 0.00387. The maximum atomic E-state index is 12.0. The third-order valence-corrected chi connectivity index (χ3v) is 6.95. The number of esters is 1. The molecule has 0 aromatic heterocycles. The molecular formula is C15H24O6. The molecule has 0 unspecified atom stereocenters. The third kappa shape index (κ3) is 1.36. The molecule has 120 valence electrons. The lowest BCUT2D eigenvalue weighted by Gasteiger charge is -2.66. The molecule has 4 N–H and O–H groups in total. The number of hydrogen-bond donors (Lipinski definition) is 4. The Balaban J connectivity index is 2.27. The SMILES string of the molecule is C[C@@H]1C[C@H](O)[C@@]2(O)[C@]13CC(=O)O[C@H](C3)[C@](C)(O)[C@@]2(C)CO. The average Bonchev–Trinajstić information content (AvgIpc) is 2.58. The smallest absolute Gasteiger partial charge is 0.306 e. The van der Waals surface area contributed by atoms with Gasteiger partial charge in [-0.25, -0.2) is 0 Å². The Kier molecular flexibility index (Phi) is 2.89. The van der Waals surface area contributed by atoms with Gasteiger partial charge >= 0.3 is 5.97 Å². The second-order valence-corrected chi connectivity index (χ2v) is 7.57. The zero-order chi connectivity index (χ0) is 15.8. The van der Waals surface area contributed by atoms with Crippen LogP contribution in [0.2, 0.25) is 0 Å². The summed E-state index contributed by atoms with van der Waals surface area (Å²) < 4.78 is 5.31. The summed E-state index contributed by atoms with van der Waals surface area (Å²) in [7, 11) is 0. The fraction of sp³-hybridized carbons (Fsp3) is 0.933. The van der Waals surface area contributed by atoms with Gasteiger partial charge in [0, 0.05) is 5.41 Å². The maximum Gasteiger partial charge on any atom is 0.306 e. The molecule has 0 aromatic rings. The summed E-state index contributed by atoms with van der Waals surface area (Å²) in [4.78, 5) is 12.0. The van der Waals surface area contributed by atoms with Crippen LogP contribution in [0.4, 0.5) is 0 Å². The van der Waals surface area contributed by atoms with E-state index in [4.69, 9.17) is 4.74 Å². The minimum atomic E-state index is -1.73. The van der Waals surface area contributed by atoms with E-state index in [0.29, 0.717) is 12.8 Å². The van der Waals surface area contributed by atoms with Crippen LogP contribution in [-0.2, 0) is 9.53 Å². The Morgan fingerprint density at radius 3 is 2.52 bits per heavy atom. The predicted octanol–water partition coefficient (Wildman–Crippen LogP) is -0.427. The lowest BCUT2D eigenvalue weighted by atomic mass is 9.44. The summed E-state index contributed by atoms with van der Waals surface area (Å²) in [5.74, 6) is -0.569. The highest BCUT2D eigenvalue weighted by atomic mass is 16.6. The summed E-state index contributed by atoms with van der Waals surface area (Å²) in [6, 6.07) is 0. The monoisotopic (exact) mass is 300 g/mol. The van der Waals surface area contributed by atoms with Gasteiger partial charge in [-0.05, 0) is 25.7 Å². The second kappa shape index (κ2) is 3.98. The van der Waals surface area contributed by atoms with Crippen LogP contribution in [-0.4, -0.2) is 56.4 Å². The third-order valence-electron chi connectivity index (χ3n) is 6.95. The van der Waals surface area contributed by atoms with Crippen molar-refractivity contribution >= 4 is 5.97 Å². The summed E-state index contributed by atoms with van der Waals surface area (Å²) in [5.41, 5.74) is -5.60. The van der Waals surface area contributed by atoms with Crippen LogP contribution in [0.25, 0.3) is 0 Å². The second-order valence-electron chi connectivity index (χ2n) is 7.57. The van der Waals surface area contributed by atoms with Gasteiger partial charge in [-0.1, -0.05) is 13.8 Å². The van der Waals surface area contributed by atoms with E-state index >= 15 is 0 Å². The predicted molar refractivity (Wildman–Crippen MR) is 72.1 cm³/mol. The van der Waals surface area contributed by atoms with Crippen LogP contribution in [0.15, 0.2) is 0 Å². The summed E-state index contributed by atoms with van der Waals surface area (Å²) in [5, 5.41) is 42.8. The molecule has 0 amide bonds. The molecule has 3 rings (SSSR count). The van der Waals surface area contributed by atoms with E-state index < -0.39 is 46.8 Å². The Morgan fingerprint density at radius 1 is 1.33 bits per heavy atom. The van der Waals surface area contributed by atoms with E-state index in [-0.39, 0.29) is 12.3 Å². The molecule has 6 heteroatoms. The number of carbonyl (C=O) groups is 1. The lowest BCUT2D eigenvalue weighted by molar-refractivity contribution is -0.337. The molecule has 0 radical (unpaired) electrons. The number of aliphatic hydroxyl groups excluding tert-OH is 2. The summed E-state index contributed by atoms with van der Waals surface area (Å²) in [6.07, 6.45) is -1.24. The first-order chi connectivity index (χ1) is 9.57. The van der Waals surface area contributed by atoms with Crippen molar-refractivity contribution in [3.63, 3.8) is 0 Å². The number of ether oxygens (including phenoxy) is 1. The Morgan fingerprint density at radius 2 is 1.95 bits per heavy atom. The van der Waals surface area contributed by atoms with Gasteiger partial charge in [0.1, 0.15) is 17.3 Å². The standard InChI is InChI=1S/C15H24O6/c1-8-4-9(17)15(20)12(2,7-16)13(3,19)10-5-14(8,15)6-11(18)21-10/h8-10,16-17,19-20H,4-7H2,1-3H3/t8-,9+,10-,12-,13+,14-,15+/m1/s1. The largest absolute Gasteiger partial charge is 0.459 e. The van der Waals surface area contributed by atoms with Gasteiger partial charge in [0.25, 0.3) is 0 Å². The highest BCUT2D eigenvalue weighted by Gasteiger charge is 2.80. The fourth-order valence-corrected chi connectivity index (χ4v) is 5.26. The van der Waals surface area contributed by atoms with E-state index in [9.17, 15) is 25.2 Å². The van der Waals surface area contributed by atoms with Crippen molar-refractivity contribution in [1.82, 2.24) is 0 Å². The number of hydrogen-bond acceptors (Lipinski definition) is 6. The van der Waals surface area contributed by atoms with Gasteiger partial charge in [-0.15, -0.1) is 0 Å². The zero-order valence-electron chi connectivity index (χ0n) is 12.7. The molecule has 6 nitrogen and oxygen atoms in total. The van der Waals surface area contributed by atoms with Crippen LogP contribution in [0.3, 0.4) is 0 Å². The number of carbonyl (C=O) groups excluding carboxylic acids is 1. The quantitative estimate of drug-likeness (QED) is 0.490. The van der Waals surface area contributed by atoms with Crippen molar-refractivity contribution in [1.29, 1.82) is 0 Å². The molecule has 3 aliphatic rings. The van der Waals surface area contributed by atoms with Gasteiger partial charge in [-0.2, -0.15) is 0 Å². The van der Waals surface area contributed by atoms with Crippen LogP contribution >= 0.6 is 0 Å². The molecule has 1 aliphatic heterocycles. The number of fused-ring (bicyclic) bond motifs is 1. The van der Waals surface area contributed by atoms with Crippen molar-refractivity contribution < 1.29 is 30.0 Å². The fourth-order valence-electron chi connectivity index (χ4n) is 5.26. The van der Waals surface area contributed by atoms with Crippen molar-refractivity contribution in [2.75, 3.05) is 6.61 Å². The van der Waals surface area contributed by atoms with E-state index in [0.717, 1.165) is 0 Å². The summed E-state index contributed by atoms with van der Waals surface area (Å²) in [6.45, 7) is 4.42. The van der Waals surface area contributed by atoms with Crippen molar-refractivity contribution in [3.8, 4) is 0 Å². The molecule has 7 atom stereocenters. The molecule has 1 spiro atoms. The van der Waals surface area contributed by atoms with E-state index in [1.807, 2.05) is 6.92 Å². The van der Waals surface area contributed by atoms with Gasteiger partial charge in [-0.3, -0.25) is 4.79 Å². The first-order valence-electron chi connectivity index (χ1n) is 7.50. The van der Waals surface area contributed by atoms with Crippen molar-refractivity contribution in [2.24, 2.45) is 16.7 Å². The van der Waals surface area contributed by atoms with Crippen LogP contribution < -0.4 is 0 Å². The van der Waals surface area contributed by atoms with Gasteiger partial charge in [0.05, 0.1) is 24.5 Å². The maximum absolute atomic E-state index is 12.0. The lowest BCUT2D eigenvalue weighted by Crippen LogP contribution is -2.79. The Hall–Kier alpha value is -0.690. The molecule has 21 heavy (non-hydrogen) atoms. The number of aliphatic hydroxyl groups is 4. The van der Waals surface area contributed by atoms with Crippen LogP contribution in [0, 0.1) is 16.7 Å². The minimum Gasteiger partial charge on any atom is -0.459 e. The first-order valence-corrected chi connectivity index (χ1v) is 7.50. The first kappa shape index (κ1) is 15.2. The van der Waals surface area contributed by atoms with Crippen LogP contribution in [0.5, 0.6) is 0 Å². The van der Waals surface area contributed by atoms with E-state index in [1.165, 1.54) is 6.92 Å². The molecule has 2 saturated carbocycles. The van der Waals surface area contributed by atoms with Gasteiger partial charge in [0.15, 0.2) is 0 Å². The average molecular weight is 300 g/mol. The molecule has 0 aromatic carbocycles. The van der Waals surface area contributed by atoms with E-state index in [1.54, 1.807) is 6.92 Å². The van der Waals surface area contributed by atoms with Crippen molar-refractivity contribution in [2.45, 2.75) is 63.4 Å².